The Bertz CT molecular complexity index is 353. The molecule has 0 aliphatic heterocycles. The zero-order valence-electron chi connectivity index (χ0n) is 12.4. The Morgan fingerprint density at radius 1 is 1.11 bits per heavy atom. The van der Waals surface area contributed by atoms with Crippen LogP contribution in [0.1, 0.15) is 64.5 Å². The maximum Gasteiger partial charge on any atom is 0.303 e. The summed E-state index contributed by atoms with van der Waals surface area (Å²) in [4.78, 5) is 11.2. The number of esters is 1. The molecule has 1 atom stereocenters. The van der Waals surface area contributed by atoms with Crippen molar-refractivity contribution < 1.29 is 9.53 Å². The van der Waals surface area contributed by atoms with Gasteiger partial charge in [0.05, 0.1) is 0 Å². The molecule has 2 heteroatoms. The van der Waals surface area contributed by atoms with Gasteiger partial charge in [0.1, 0.15) is 6.10 Å². The summed E-state index contributed by atoms with van der Waals surface area (Å²) in [6.07, 6.45) is 6.14. The SMILES string of the molecule is CC.CC(=O)OC(c1ccccc1)C1CCCCC1. The second-order valence-electron chi connectivity index (χ2n) is 4.84. The van der Waals surface area contributed by atoms with Crippen LogP contribution in [0.5, 0.6) is 0 Å². The lowest BCUT2D eigenvalue weighted by atomic mass is 9.82. The van der Waals surface area contributed by atoms with Gasteiger partial charge in [-0.3, -0.25) is 4.79 Å². The van der Waals surface area contributed by atoms with Crippen LogP contribution in [0, 0.1) is 5.92 Å². The third-order valence-corrected chi connectivity index (χ3v) is 3.50. The molecule has 0 heterocycles. The molecule has 1 fully saturated rings. The summed E-state index contributed by atoms with van der Waals surface area (Å²) in [5, 5.41) is 0. The van der Waals surface area contributed by atoms with E-state index in [1.165, 1.54) is 39.0 Å². The highest BCUT2D eigenvalue weighted by atomic mass is 16.5. The second-order valence-corrected chi connectivity index (χ2v) is 4.84. The van der Waals surface area contributed by atoms with Gasteiger partial charge in [-0.05, 0) is 18.4 Å². The Kier molecular flexibility index (Phi) is 7.24. The van der Waals surface area contributed by atoms with E-state index >= 15 is 0 Å². The van der Waals surface area contributed by atoms with Crippen LogP contribution in [0.2, 0.25) is 0 Å². The van der Waals surface area contributed by atoms with E-state index in [0.717, 1.165) is 5.56 Å². The zero-order valence-corrected chi connectivity index (χ0v) is 12.4. The maximum atomic E-state index is 11.2. The fourth-order valence-corrected chi connectivity index (χ4v) is 2.69. The van der Waals surface area contributed by atoms with Crippen LogP contribution in [-0.2, 0) is 9.53 Å². The molecule has 19 heavy (non-hydrogen) atoms. The number of ether oxygens (including phenoxy) is 1. The lowest BCUT2D eigenvalue weighted by molar-refractivity contribution is -0.150. The maximum absolute atomic E-state index is 11.2. The van der Waals surface area contributed by atoms with Crippen molar-refractivity contribution in [3.63, 3.8) is 0 Å². The molecule has 0 radical (unpaired) electrons. The molecule has 2 rings (SSSR count). The summed E-state index contributed by atoms with van der Waals surface area (Å²) in [6, 6.07) is 10.1. The van der Waals surface area contributed by atoms with Gasteiger partial charge in [-0.2, -0.15) is 0 Å². The van der Waals surface area contributed by atoms with Gasteiger partial charge in [-0.25, -0.2) is 0 Å². The Labute approximate surface area is 117 Å². The Hall–Kier alpha value is -1.31. The molecular weight excluding hydrogens is 236 g/mol. The van der Waals surface area contributed by atoms with E-state index in [0.29, 0.717) is 5.92 Å². The second kappa shape index (κ2) is 8.73. The molecular formula is C17H26O2. The number of carbonyl (C=O) groups excluding carboxylic acids is 1. The highest BCUT2D eigenvalue weighted by molar-refractivity contribution is 5.66. The van der Waals surface area contributed by atoms with Crippen LogP contribution in [0.25, 0.3) is 0 Å². The fraction of sp³-hybridized carbons (Fsp3) is 0.588. The first kappa shape index (κ1) is 15.7. The van der Waals surface area contributed by atoms with Crippen molar-refractivity contribution in [2.45, 2.75) is 59.0 Å². The Morgan fingerprint density at radius 2 is 1.68 bits per heavy atom. The topological polar surface area (TPSA) is 26.3 Å². The van der Waals surface area contributed by atoms with E-state index in [9.17, 15) is 4.79 Å². The van der Waals surface area contributed by atoms with Gasteiger partial charge in [-0.15, -0.1) is 0 Å². The minimum Gasteiger partial charge on any atom is -0.457 e. The molecule has 106 valence electrons. The van der Waals surface area contributed by atoms with Crippen molar-refractivity contribution in [3.8, 4) is 0 Å². The largest absolute Gasteiger partial charge is 0.457 e. The number of hydrogen-bond acceptors (Lipinski definition) is 2. The Balaban J connectivity index is 0.000000861. The molecule has 1 aliphatic carbocycles. The fourth-order valence-electron chi connectivity index (χ4n) is 2.69. The van der Waals surface area contributed by atoms with Gasteiger partial charge >= 0.3 is 5.97 Å². The molecule has 1 aliphatic rings. The number of rotatable bonds is 3. The van der Waals surface area contributed by atoms with Crippen LogP contribution in [-0.4, -0.2) is 5.97 Å². The van der Waals surface area contributed by atoms with E-state index in [4.69, 9.17) is 4.74 Å². The number of carbonyl (C=O) groups is 1. The van der Waals surface area contributed by atoms with Gasteiger partial charge in [0, 0.05) is 12.8 Å². The molecule has 1 aromatic carbocycles. The van der Waals surface area contributed by atoms with E-state index < -0.39 is 0 Å². The quantitative estimate of drug-likeness (QED) is 0.724. The summed E-state index contributed by atoms with van der Waals surface area (Å²) < 4.78 is 5.54. The molecule has 0 aromatic heterocycles. The van der Waals surface area contributed by atoms with E-state index in [1.807, 2.05) is 32.0 Å². The van der Waals surface area contributed by atoms with Crippen molar-refractivity contribution >= 4 is 5.97 Å². The predicted octanol–water partition coefficient (Wildman–Crippen LogP) is 4.90. The van der Waals surface area contributed by atoms with E-state index in [-0.39, 0.29) is 12.1 Å². The molecule has 1 saturated carbocycles. The summed E-state index contributed by atoms with van der Waals surface area (Å²) in [5.74, 6) is 0.319. The number of benzene rings is 1. The predicted molar refractivity (Wildman–Crippen MR) is 78.9 cm³/mol. The molecule has 1 unspecified atom stereocenters. The van der Waals surface area contributed by atoms with Crippen molar-refractivity contribution in [2.75, 3.05) is 0 Å². The van der Waals surface area contributed by atoms with E-state index in [2.05, 4.69) is 12.1 Å². The average molecular weight is 262 g/mol. The van der Waals surface area contributed by atoms with Crippen LogP contribution < -0.4 is 0 Å². The highest BCUT2D eigenvalue weighted by Crippen LogP contribution is 2.36. The van der Waals surface area contributed by atoms with Crippen LogP contribution in [0.3, 0.4) is 0 Å². The molecule has 0 N–H and O–H groups in total. The zero-order chi connectivity index (χ0) is 14.1. The normalized spacial score (nSPS) is 17.0. The third kappa shape index (κ3) is 5.06. The number of hydrogen-bond donors (Lipinski definition) is 0. The smallest absolute Gasteiger partial charge is 0.303 e. The van der Waals surface area contributed by atoms with Crippen molar-refractivity contribution in [3.05, 3.63) is 35.9 Å². The summed E-state index contributed by atoms with van der Waals surface area (Å²) in [6.45, 7) is 5.50. The molecule has 0 spiro atoms. The molecule has 2 nitrogen and oxygen atoms in total. The average Bonchev–Trinajstić information content (AvgIpc) is 2.48. The minimum absolute atomic E-state index is 0.0472. The third-order valence-electron chi connectivity index (χ3n) is 3.50. The minimum atomic E-state index is -0.176. The van der Waals surface area contributed by atoms with Gasteiger partial charge in [0.2, 0.25) is 0 Å². The summed E-state index contributed by atoms with van der Waals surface area (Å²) in [5.41, 5.74) is 1.13. The molecule has 0 saturated heterocycles. The lowest BCUT2D eigenvalue weighted by Gasteiger charge is -2.30. The van der Waals surface area contributed by atoms with Crippen molar-refractivity contribution in [1.82, 2.24) is 0 Å². The first-order valence-corrected chi connectivity index (χ1v) is 7.49. The van der Waals surface area contributed by atoms with Crippen molar-refractivity contribution in [1.29, 1.82) is 0 Å². The monoisotopic (exact) mass is 262 g/mol. The molecule has 0 bridgehead atoms. The lowest BCUT2D eigenvalue weighted by Crippen LogP contribution is -2.20. The van der Waals surface area contributed by atoms with Gasteiger partial charge in [0.15, 0.2) is 0 Å². The first-order chi connectivity index (χ1) is 9.27. The van der Waals surface area contributed by atoms with Gasteiger partial charge in [-0.1, -0.05) is 63.4 Å². The van der Waals surface area contributed by atoms with Crippen LogP contribution >= 0.6 is 0 Å². The highest BCUT2D eigenvalue weighted by Gasteiger charge is 2.27. The first-order valence-electron chi connectivity index (χ1n) is 7.49. The summed E-state index contributed by atoms with van der Waals surface area (Å²) >= 11 is 0. The Morgan fingerprint density at radius 3 is 2.21 bits per heavy atom. The van der Waals surface area contributed by atoms with E-state index in [1.54, 1.807) is 0 Å². The standard InChI is InChI=1S/C15H20O2.C2H6/c1-12(16)17-15(13-8-4-2-5-9-13)14-10-6-3-7-11-14;1-2/h2,4-5,8-9,14-15H,3,6-7,10-11H2,1H3;1-2H3. The van der Waals surface area contributed by atoms with Crippen molar-refractivity contribution in [2.24, 2.45) is 5.92 Å². The van der Waals surface area contributed by atoms with Crippen LogP contribution in [0.15, 0.2) is 30.3 Å². The molecule has 0 amide bonds. The molecule has 1 aromatic rings. The summed E-state index contributed by atoms with van der Waals surface area (Å²) in [7, 11) is 0. The van der Waals surface area contributed by atoms with Gasteiger partial charge in [0.25, 0.3) is 0 Å². The van der Waals surface area contributed by atoms with Crippen LogP contribution in [0.4, 0.5) is 0 Å². The van der Waals surface area contributed by atoms with Gasteiger partial charge < -0.3 is 4.74 Å².